The van der Waals surface area contributed by atoms with Crippen LogP contribution in [-0.4, -0.2) is 46.7 Å². The van der Waals surface area contributed by atoms with E-state index >= 15 is 0 Å². The van der Waals surface area contributed by atoms with Crippen LogP contribution < -0.4 is 10.2 Å². The molecule has 1 aliphatic heterocycles. The van der Waals surface area contributed by atoms with Gasteiger partial charge in [-0.05, 0) is 25.0 Å². The number of amides is 1. The van der Waals surface area contributed by atoms with E-state index in [4.69, 9.17) is 0 Å². The molecule has 0 aromatic carbocycles. The molecule has 4 heterocycles. The van der Waals surface area contributed by atoms with Crippen LogP contribution in [0.1, 0.15) is 12.8 Å². The van der Waals surface area contributed by atoms with E-state index in [1.165, 1.54) is 0 Å². The summed E-state index contributed by atoms with van der Waals surface area (Å²) in [5.74, 6) is -0.333. The van der Waals surface area contributed by atoms with Gasteiger partial charge in [0.15, 0.2) is 0 Å². The van der Waals surface area contributed by atoms with E-state index in [1.807, 2.05) is 22.3 Å². The monoisotopic (exact) mass is 377 g/mol. The summed E-state index contributed by atoms with van der Waals surface area (Å²) in [5, 5.41) is 4.79. The first-order chi connectivity index (χ1) is 12.9. The number of pyridine rings is 2. The summed E-state index contributed by atoms with van der Waals surface area (Å²) in [4.78, 5) is 26.1. The van der Waals surface area contributed by atoms with E-state index in [1.54, 1.807) is 18.6 Å². The molecule has 0 aliphatic carbocycles. The predicted molar refractivity (Wildman–Crippen MR) is 95.4 cm³/mol. The third-order valence-corrected chi connectivity index (χ3v) is 4.85. The largest absolute Gasteiger partial charge is 0.405 e. The van der Waals surface area contributed by atoms with Crippen molar-refractivity contribution in [3.05, 3.63) is 30.7 Å². The smallest absolute Gasteiger partial charge is 0.355 e. The number of hydrogen-bond donors (Lipinski definition) is 2. The van der Waals surface area contributed by atoms with Crippen molar-refractivity contribution in [2.24, 2.45) is 5.92 Å². The van der Waals surface area contributed by atoms with Crippen LogP contribution in [0.25, 0.3) is 21.8 Å². The molecule has 0 radical (unpaired) electrons. The lowest BCUT2D eigenvalue weighted by atomic mass is 9.96. The number of aromatic nitrogens is 3. The molecule has 142 valence electrons. The molecule has 1 unspecified atom stereocenters. The van der Waals surface area contributed by atoms with E-state index in [2.05, 4.69) is 15.0 Å². The number of nitrogens with one attached hydrogen (secondary N) is 2. The number of hydrogen-bond acceptors (Lipinski definition) is 4. The van der Waals surface area contributed by atoms with Gasteiger partial charge in [0.1, 0.15) is 18.0 Å². The van der Waals surface area contributed by atoms with Crippen LogP contribution in [-0.2, 0) is 4.79 Å². The second-order valence-corrected chi connectivity index (χ2v) is 6.72. The maximum absolute atomic E-state index is 12.4. The zero-order valence-electron chi connectivity index (χ0n) is 14.4. The topological polar surface area (TPSA) is 73.9 Å². The van der Waals surface area contributed by atoms with Gasteiger partial charge >= 0.3 is 6.18 Å². The number of anilines is 1. The molecular weight excluding hydrogens is 359 g/mol. The van der Waals surface area contributed by atoms with E-state index < -0.39 is 24.5 Å². The molecule has 1 saturated heterocycles. The Bertz CT molecular complexity index is 984. The Balaban J connectivity index is 1.62. The predicted octanol–water partition coefficient (Wildman–Crippen LogP) is 3.01. The number of carbonyl (C=O) groups excluding carboxylic acids is 1. The number of aromatic amines is 1. The molecular formula is C18H18F3N5O. The Morgan fingerprint density at radius 1 is 1.33 bits per heavy atom. The highest BCUT2D eigenvalue weighted by Crippen LogP contribution is 2.32. The summed E-state index contributed by atoms with van der Waals surface area (Å²) >= 11 is 0. The number of fused-ring (bicyclic) bond motifs is 3. The fraction of sp³-hybridized carbons (Fsp3) is 0.389. The Hall–Kier alpha value is -2.84. The molecule has 0 saturated carbocycles. The summed E-state index contributed by atoms with van der Waals surface area (Å²) in [7, 11) is 0. The van der Waals surface area contributed by atoms with Crippen molar-refractivity contribution < 1.29 is 18.0 Å². The Labute approximate surface area is 152 Å². The zero-order valence-corrected chi connectivity index (χ0v) is 14.4. The van der Waals surface area contributed by atoms with Crippen molar-refractivity contribution >= 4 is 33.5 Å². The highest BCUT2D eigenvalue weighted by atomic mass is 19.4. The van der Waals surface area contributed by atoms with Gasteiger partial charge in [0, 0.05) is 47.8 Å². The summed E-state index contributed by atoms with van der Waals surface area (Å²) in [5.41, 5.74) is 0.744. The summed E-state index contributed by atoms with van der Waals surface area (Å²) in [6.07, 6.45) is 2.11. The normalized spacial score (nSPS) is 18.2. The maximum atomic E-state index is 12.4. The summed E-state index contributed by atoms with van der Waals surface area (Å²) < 4.78 is 37.1. The average Bonchev–Trinajstić information content (AvgIpc) is 3.14. The van der Waals surface area contributed by atoms with E-state index in [-0.39, 0.29) is 0 Å². The number of nitrogens with zero attached hydrogens (tertiary/aromatic N) is 3. The van der Waals surface area contributed by atoms with Crippen molar-refractivity contribution in [3.63, 3.8) is 0 Å². The van der Waals surface area contributed by atoms with Crippen LogP contribution in [0.3, 0.4) is 0 Å². The van der Waals surface area contributed by atoms with Gasteiger partial charge in [-0.25, -0.2) is 9.97 Å². The fourth-order valence-corrected chi connectivity index (χ4v) is 3.61. The van der Waals surface area contributed by atoms with Crippen LogP contribution in [0, 0.1) is 5.92 Å². The first kappa shape index (κ1) is 17.6. The van der Waals surface area contributed by atoms with Gasteiger partial charge in [0.2, 0.25) is 5.91 Å². The molecule has 1 amide bonds. The van der Waals surface area contributed by atoms with Crippen molar-refractivity contribution in [2.45, 2.75) is 19.0 Å². The second kappa shape index (κ2) is 6.71. The van der Waals surface area contributed by atoms with Crippen molar-refractivity contribution in [1.29, 1.82) is 0 Å². The third-order valence-electron chi connectivity index (χ3n) is 4.85. The molecule has 9 heteroatoms. The Morgan fingerprint density at radius 3 is 3.00 bits per heavy atom. The SMILES string of the molecule is O=C(NCC(F)(F)F)C1CCCN(c2nccc3cnc4[nH]ccc4c23)C1. The maximum Gasteiger partial charge on any atom is 0.405 e. The molecule has 1 fully saturated rings. The Morgan fingerprint density at radius 2 is 2.19 bits per heavy atom. The fourth-order valence-electron chi connectivity index (χ4n) is 3.61. The van der Waals surface area contributed by atoms with Crippen molar-refractivity contribution in [2.75, 3.05) is 24.5 Å². The molecule has 4 rings (SSSR count). The molecule has 1 aliphatic rings. The Kier molecular flexibility index (Phi) is 4.37. The zero-order chi connectivity index (χ0) is 19.0. The van der Waals surface area contributed by atoms with Crippen LogP contribution >= 0.6 is 0 Å². The van der Waals surface area contributed by atoms with Gasteiger partial charge in [-0.1, -0.05) is 0 Å². The van der Waals surface area contributed by atoms with E-state index in [0.29, 0.717) is 25.9 Å². The number of rotatable bonds is 3. The second-order valence-electron chi connectivity index (χ2n) is 6.72. The van der Waals surface area contributed by atoms with Crippen molar-refractivity contribution in [3.8, 4) is 0 Å². The standard InChI is InChI=1S/C18H18F3N5O/c19-18(20,21)10-25-17(27)12-2-1-7-26(9-12)16-14-11(3-5-23-16)8-24-15-13(14)4-6-22-15/h3-6,8,12H,1-2,7,9-10H2,(H,22,24)(H,25,27). The van der Waals surface area contributed by atoms with Crippen LogP contribution in [0.15, 0.2) is 30.7 Å². The van der Waals surface area contributed by atoms with Gasteiger partial charge in [0.05, 0.1) is 5.92 Å². The van der Waals surface area contributed by atoms with Gasteiger partial charge in [-0.3, -0.25) is 4.79 Å². The molecule has 0 bridgehead atoms. The van der Waals surface area contributed by atoms with Gasteiger partial charge in [0.25, 0.3) is 0 Å². The lowest BCUT2D eigenvalue weighted by Crippen LogP contribution is -2.45. The van der Waals surface area contributed by atoms with E-state index in [0.717, 1.165) is 27.6 Å². The van der Waals surface area contributed by atoms with Crippen LogP contribution in [0.2, 0.25) is 0 Å². The minimum Gasteiger partial charge on any atom is -0.355 e. The first-order valence-corrected chi connectivity index (χ1v) is 8.72. The molecule has 1 atom stereocenters. The molecule has 0 spiro atoms. The molecule has 2 N–H and O–H groups in total. The first-order valence-electron chi connectivity index (χ1n) is 8.72. The number of halogens is 3. The average molecular weight is 377 g/mol. The lowest BCUT2D eigenvalue weighted by molar-refractivity contribution is -0.140. The van der Waals surface area contributed by atoms with Gasteiger partial charge in [-0.2, -0.15) is 13.2 Å². The van der Waals surface area contributed by atoms with Gasteiger partial charge in [-0.15, -0.1) is 0 Å². The van der Waals surface area contributed by atoms with Gasteiger partial charge < -0.3 is 15.2 Å². The molecule has 6 nitrogen and oxygen atoms in total. The third kappa shape index (κ3) is 3.54. The minimum atomic E-state index is -4.41. The lowest BCUT2D eigenvalue weighted by Gasteiger charge is -2.33. The minimum absolute atomic E-state index is 0.337. The van der Waals surface area contributed by atoms with Crippen LogP contribution in [0.5, 0.6) is 0 Å². The summed E-state index contributed by atoms with van der Waals surface area (Å²) in [6.45, 7) is -0.266. The number of alkyl halides is 3. The highest BCUT2D eigenvalue weighted by Gasteiger charge is 2.32. The number of carbonyl (C=O) groups is 1. The highest BCUT2D eigenvalue weighted by molar-refractivity contribution is 6.10. The molecule has 3 aromatic heterocycles. The summed E-state index contributed by atoms with van der Waals surface area (Å²) in [6, 6.07) is 3.79. The molecule has 27 heavy (non-hydrogen) atoms. The van der Waals surface area contributed by atoms with E-state index in [9.17, 15) is 18.0 Å². The quantitative estimate of drug-likeness (QED) is 0.736. The molecule has 3 aromatic rings. The number of H-pyrrole nitrogens is 1. The van der Waals surface area contributed by atoms with Crippen LogP contribution in [0.4, 0.5) is 19.0 Å². The number of piperidine rings is 1. The van der Waals surface area contributed by atoms with Crippen molar-refractivity contribution in [1.82, 2.24) is 20.3 Å².